The van der Waals surface area contributed by atoms with E-state index >= 15 is 0 Å². The van der Waals surface area contributed by atoms with E-state index in [-0.39, 0.29) is 18.7 Å². The van der Waals surface area contributed by atoms with Gasteiger partial charge in [-0.3, -0.25) is 0 Å². The Morgan fingerprint density at radius 3 is 2.61 bits per heavy atom. The zero-order valence-corrected chi connectivity index (χ0v) is 18.4. The molecule has 0 aliphatic carbocycles. The quantitative estimate of drug-likeness (QED) is 0.461. The molecule has 2 amide bonds. The van der Waals surface area contributed by atoms with Crippen molar-refractivity contribution in [1.82, 2.24) is 15.8 Å². The molecule has 3 aromatic rings. The van der Waals surface area contributed by atoms with Crippen molar-refractivity contribution in [3.05, 3.63) is 83.7 Å². The maximum Gasteiger partial charge on any atom is 0.315 e. The van der Waals surface area contributed by atoms with Crippen LogP contribution in [0, 0.1) is 0 Å². The summed E-state index contributed by atoms with van der Waals surface area (Å²) in [4.78, 5) is 12.1. The van der Waals surface area contributed by atoms with Crippen LogP contribution in [0.15, 0.2) is 71.3 Å². The molecule has 33 heavy (non-hydrogen) atoms. The number of nitrogens with one attached hydrogen (secondary N) is 2. The molecular formula is C25H29N3O5. The molecule has 1 aromatic heterocycles. The average Bonchev–Trinajstić information content (AvgIpc) is 3.30. The highest BCUT2D eigenvalue weighted by molar-refractivity contribution is 5.73. The summed E-state index contributed by atoms with van der Waals surface area (Å²) in [6, 6.07) is 20.8. The number of hydrogen-bond acceptors (Lipinski definition) is 6. The third-order valence-corrected chi connectivity index (χ3v) is 5.51. The molecule has 3 unspecified atom stereocenters. The smallest absolute Gasteiger partial charge is 0.315 e. The summed E-state index contributed by atoms with van der Waals surface area (Å²) in [5.74, 6) is 1.40. The van der Waals surface area contributed by atoms with Gasteiger partial charge in [0, 0.05) is 25.6 Å². The molecule has 1 saturated heterocycles. The number of aliphatic hydroxyl groups is 1. The van der Waals surface area contributed by atoms with E-state index in [9.17, 15) is 9.90 Å². The lowest BCUT2D eigenvalue weighted by Crippen LogP contribution is -2.48. The van der Waals surface area contributed by atoms with Crippen LogP contribution in [0.5, 0.6) is 5.75 Å². The van der Waals surface area contributed by atoms with Crippen molar-refractivity contribution in [1.29, 1.82) is 0 Å². The number of amides is 2. The lowest BCUT2D eigenvalue weighted by Gasteiger charge is -2.33. The van der Waals surface area contributed by atoms with E-state index < -0.39 is 12.2 Å². The van der Waals surface area contributed by atoms with E-state index in [2.05, 4.69) is 15.8 Å². The van der Waals surface area contributed by atoms with Gasteiger partial charge in [-0.05, 0) is 30.5 Å². The van der Waals surface area contributed by atoms with Crippen LogP contribution in [0.4, 0.5) is 4.79 Å². The van der Waals surface area contributed by atoms with Crippen molar-refractivity contribution in [3.8, 4) is 5.75 Å². The maximum atomic E-state index is 12.1. The number of urea groups is 1. The molecule has 1 aliphatic rings. The van der Waals surface area contributed by atoms with Crippen molar-refractivity contribution in [2.24, 2.45) is 0 Å². The van der Waals surface area contributed by atoms with Crippen LogP contribution in [-0.4, -0.2) is 41.2 Å². The van der Waals surface area contributed by atoms with Crippen molar-refractivity contribution < 1.29 is 23.9 Å². The fourth-order valence-corrected chi connectivity index (χ4v) is 3.74. The fraction of sp³-hybridized carbons (Fsp3) is 0.360. The number of carbonyl (C=O) groups excluding carboxylic acids is 1. The van der Waals surface area contributed by atoms with E-state index in [0.29, 0.717) is 38.2 Å². The normalized spacial score (nSPS) is 20.2. The van der Waals surface area contributed by atoms with Gasteiger partial charge >= 0.3 is 6.03 Å². The summed E-state index contributed by atoms with van der Waals surface area (Å²) >= 11 is 0. The Hall–Kier alpha value is -3.36. The second-order valence-electron chi connectivity index (χ2n) is 8.08. The Labute approximate surface area is 192 Å². The molecule has 3 N–H and O–H groups in total. The number of rotatable bonds is 9. The van der Waals surface area contributed by atoms with Gasteiger partial charge < -0.3 is 29.7 Å². The highest BCUT2D eigenvalue weighted by Gasteiger charge is 2.30. The molecule has 8 heteroatoms. The standard InChI is InChI=1S/C25H29N3O5/c29-23-12-11-21(13-19-14-22(33-28-19)17-31-20-9-5-2-6-10-20)32-24(23)16-27-25(30)26-15-18-7-3-1-4-8-18/h1-10,14,21,23-24,29H,11-13,15-17H2,(H2,26,27,30). The van der Waals surface area contributed by atoms with Crippen molar-refractivity contribution in [3.63, 3.8) is 0 Å². The summed E-state index contributed by atoms with van der Waals surface area (Å²) < 4.78 is 17.1. The third-order valence-electron chi connectivity index (χ3n) is 5.51. The highest BCUT2D eigenvalue weighted by atomic mass is 16.5. The molecule has 0 spiro atoms. The summed E-state index contributed by atoms with van der Waals surface area (Å²) in [5, 5.41) is 20.0. The first-order valence-corrected chi connectivity index (χ1v) is 11.2. The molecule has 4 rings (SSSR count). The van der Waals surface area contributed by atoms with Gasteiger partial charge in [0.1, 0.15) is 18.5 Å². The van der Waals surface area contributed by atoms with Crippen molar-refractivity contribution >= 4 is 6.03 Å². The van der Waals surface area contributed by atoms with E-state index in [4.69, 9.17) is 14.0 Å². The minimum absolute atomic E-state index is 0.111. The van der Waals surface area contributed by atoms with Crippen LogP contribution in [-0.2, 0) is 24.3 Å². The average molecular weight is 452 g/mol. The van der Waals surface area contributed by atoms with Gasteiger partial charge in [-0.25, -0.2) is 4.79 Å². The van der Waals surface area contributed by atoms with E-state index in [1.54, 1.807) is 0 Å². The molecule has 3 atom stereocenters. The minimum atomic E-state index is -0.622. The first kappa shape index (κ1) is 22.8. The monoisotopic (exact) mass is 451 g/mol. The summed E-state index contributed by atoms with van der Waals surface area (Å²) in [6.45, 7) is 0.963. The van der Waals surface area contributed by atoms with Gasteiger partial charge in [-0.1, -0.05) is 53.7 Å². The molecule has 2 aromatic carbocycles. The highest BCUT2D eigenvalue weighted by Crippen LogP contribution is 2.23. The topological polar surface area (TPSA) is 106 Å². The van der Waals surface area contributed by atoms with Crippen molar-refractivity contribution in [2.45, 2.75) is 50.7 Å². The number of benzene rings is 2. The molecule has 174 valence electrons. The summed E-state index contributed by atoms with van der Waals surface area (Å²) in [6.07, 6.45) is 0.672. The summed E-state index contributed by atoms with van der Waals surface area (Å²) in [7, 11) is 0. The predicted octanol–water partition coefficient (Wildman–Crippen LogP) is 3.20. The van der Waals surface area contributed by atoms with Gasteiger partial charge in [-0.2, -0.15) is 0 Å². The van der Waals surface area contributed by atoms with Crippen molar-refractivity contribution in [2.75, 3.05) is 6.54 Å². The Morgan fingerprint density at radius 2 is 1.82 bits per heavy atom. The van der Waals surface area contributed by atoms with Crippen LogP contribution < -0.4 is 15.4 Å². The lowest BCUT2D eigenvalue weighted by atomic mass is 9.98. The van der Waals surface area contributed by atoms with Gasteiger partial charge in [0.05, 0.1) is 17.9 Å². The van der Waals surface area contributed by atoms with Crippen LogP contribution in [0.2, 0.25) is 0 Å². The number of carbonyl (C=O) groups is 1. The zero-order valence-electron chi connectivity index (χ0n) is 18.4. The van der Waals surface area contributed by atoms with Crippen LogP contribution >= 0.6 is 0 Å². The molecule has 0 radical (unpaired) electrons. The molecule has 1 aliphatic heterocycles. The first-order valence-electron chi connectivity index (χ1n) is 11.2. The maximum absolute atomic E-state index is 12.1. The SMILES string of the molecule is O=C(NCc1ccccc1)NCC1OC(Cc2cc(COc3ccccc3)on2)CCC1O. The summed E-state index contributed by atoms with van der Waals surface area (Å²) in [5.41, 5.74) is 1.79. The van der Waals surface area contributed by atoms with Gasteiger partial charge in [-0.15, -0.1) is 0 Å². The van der Waals surface area contributed by atoms with E-state index in [1.807, 2.05) is 66.7 Å². The fourth-order valence-electron chi connectivity index (χ4n) is 3.74. The Bertz CT molecular complexity index is 996. The van der Waals surface area contributed by atoms with E-state index in [1.165, 1.54) is 0 Å². The van der Waals surface area contributed by atoms with E-state index in [0.717, 1.165) is 17.0 Å². The Balaban J connectivity index is 1.20. The van der Waals surface area contributed by atoms with Gasteiger partial charge in [0.25, 0.3) is 0 Å². The van der Waals surface area contributed by atoms with Crippen LogP contribution in [0.1, 0.15) is 29.9 Å². The molecule has 1 fully saturated rings. The predicted molar refractivity (Wildman–Crippen MR) is 122 cm³/mol. The molecular weight excluding hydrogens is 422 g/mol. The number of aromatic nitrogens is 1. The number of nitrogens with zero attached hydrogens (tertiary/aromatic N) is 1. The van der Waals surface area contributed by atoms with Gasteiger partial charge in [0.15, 0.2) is 5.76 Å². The molecule has 0 saturated carbocycles. The van der Waals surface area contributed by atoms with Crippen LogP contribution in [0.25, 0.3) is 0 Å². The largest absolute Gasteiger partial charge is 0.486 e. The number of hydrogen-bond donors (Lipinski definition) is 3. The zero-order chi connectivity index (χ0) is 22.9. The molecule has 0 bridgehead atoms. The minimum Gasteiger partial charge on any atom is -0.486 e. The number of aliphatic hydroxyl groups excluding tert-OH is 1. The number of ether oxygens (including phenoxy) is 2. The first-order chi connectivity index (χ1) is 16.2. The Kier molecular flexibility index (Phi) is 7.94. The van der Waals surface area contributed by atoms with Gasteiger partial charge in [0.2, 0.25) is 0 Å². The molecule has 8 nitrogen and oxygen atoms in total. The number of para-hydroxylation sites is 1. The molecule has 2 heterocycles. The van der Waals surface area contributed by atoms with Crippen LogP contribution in [0.3, 0.4) is 0 Å². The second-order valence-corrected chi connectivity index (χ2v) is 8.08. The third kappa shape index (κ3) is 7.06. The Morgan fingerprint density at radius 1 is 1.06 bits per heavy atom. The second kappa shape index (κ2) is 11.5. The lowest BCUT2D eigenvalue weighted by molar-refractivity contribution is -0.113.